The molecule has 1 aliphatic rings. The lowest BCUT2D eigenvalue weighted by atomic mass is 9.75. The van der Waals surface area contributed by atoms with Crippen molar-refractivity contribution in [2.24, 2.45) is 5.41 Å². The van der Waals surface area contributed by atoms with E-state index < -0.39 is 0 Å². The van der Waals surface area contributed by atoms with Crippen LogP contribution < -0.4 is 5.32 Å². The van der Waals surface area contributed by atoms with Gasteiger partial charge in [-0.05, 0) is 36.8 Å². The van der Waals surface area contributed by atoms with Gasteiger partial charge in [-0.1, -0.05) is 31.9 Å². The van der Waals surface area contributed by atoms with Crippen LogP contribution in [-0.4, -0.2) is 11.0 Å². The van der Waals surface area contributed by atoms with Gasteiger partial charge < -0.3 is 5.32 Å². The van der Waals surface area contributed by atoms with Gasteiger partial charge in [0, 0.05) is 17.1 Å². The number of rotatable bonds is 3. The summed E-state index contributed by atoms with van der Waals surface area (Å²) in [7, 11) is 0. The standard InChI is InChI=1S/C14H19ClN2O2/c1-14(2)7-3-4-11(9-14)16-12-8-10(15)5-6-13(12)17(18)19/h5-6,8,11,16H,3-4,7,9H2,1-2H3. The van der Waals surface area contributed by atoms with Crippen LogP contribution in [0.1, 0.15) is 39.5 Å². The Balaban J connectivity index is 2.18. The van der Waals surface area contributed by atoms with E-state index in [-0.39, 0.29) is 16.7 Å². The van der Waals surface area contributed by atoms with Crippen LogP contribution in [0.3, 0.4) is 0 Å². The molecule has 0 amide bonds. The van der Waals surface area contributed by atoms with Crippen LogP contribution in [0.2, 0.25) is 5.02 Å². The van der Waals surface area contributed by atoms with Crippen molar-refractivity contribution in [3.63, 3.8) is 0 Å². The summed E-state index contributed by atoms with van der Waals surface area (Å²) in [5.74, 6) is 0. The largest absolute Gasteiger partial charge is 0.377 e. The van der Waals surface area contributed by atoms with Gasteiger partial charge in [0.15, 0.2) is 0 Å². The van der Waals surface area contributed by atoms with E-state index in [1.54, 1.807) is 12.1 Å². The fraction of sp³-hybridized carbons (Fsp3) is 0.571. The molecular weight excluding hydrogens is 264 g/mol. The quantitative estimate of drug-likeness (QED) is 0.649. The minimum atomic E-state index is -0.368. The maximum Gasteiger partial charge on any atom is 0.292 e. The van der Waals surface area contributed by atoms with Gasteiger partial charge in [-0.25, -0.2) is 0 Å². The highest BCUT2D eigenvalue weighted by Crippen LogP contribution is 2.38. The highest BCUT2D eigenvalue weighted by Gasteiger charge is 2.29. The number of nitrogens with zero attached hydrogens (tertiary/aromatic N) is 1. The molecule has 0 saturated heterocycles. The molecule has 1 aromatic rings. The highest BCUT2D eigenvalue weighted by atomic mass is 35.5. The number of nitro benzene ring substituents is 1. The predicted molar refractivity (Wildman–Crippen MR) is 77.8 cm³/mol. The molecule has 0 radical (unpaired) electrons. The van der Waals surface area contributed by atoms with Crippen molar-refractivity contribution in [1.29, 1.82) is 0 Å². The first-order chi connectivity index (χ1) is 8.87. The molecule has 2 rings (SSSR count). The fourth-order valence-electron chi connectivity index (χ4n) is 2.82. The van der Waals surface area contributed by atoms with E-state index in [9.17, 15) is 10.1 Å². The van der Waals surface area contributed by atoms with Crippen molar-refractivity contribution in [3.8, 4) is 0 Å². The molecule has 0 spiro atoms. The van der Waals surface area contributed by atoms with Gasteiger partial charge in [0.25, 0.3) is 5.69 Å². The molecule has 1 N–H and O–H groups in total. The summed E-state index contributed by atoms with van der Waals surface area (Å²) in [6, 6.07) is 4.93. The molecule has 1 aromatic carbocycles. The maximum absolute atomic E-state index is 11.0. The molecule has 0 aliphatic heterocycles. The summed E-state index contributed by atoms with van der Waals surface area (Å²) in [5, 5.41) is 14.8. The summed E-state index contributed by atoms with van der Waals surface area (Å²) >= 11 is 5.93. The van der Waals surface area contributed by atoms with E-state index in [0.717, 1.165) is 19.3 Å². The number of hydrogen-bond acceptors (Lipinski definition) is 3. The Hall–Kier alpha value is -1.29. The van der Waals surface area contributed by atoms with Gasteiger partial charge in [0.1, 0.15) is 5.69 Å². The van der Waals surface area contributed by atoms with Crippen molar-refractivity contribution in [2.75, 3.05) is 5.32 Å². The van der Waals surface area contributed by atoms with Crippen molar-refractivity contribution < 1.29 is 4.92 Å². The molecule has 0 heterocycles. The predicted octanol–water partition coefficient (Wildman–Crippen LogP) is 4.63. The topological polar surface area (TPSA) is 55.2 Å². The van der Waals surface area contributed by atoms with E-state index in [2.05, 4.69) is 19.2 Å². The molecule has 1 saturated carbocycles. The molecule has 1 fully saturated rings. The number of benzene rings is 1. The van der Waals surface area contributed by atoms with Crippen LogP contribution in [0.15, 0.2) is 18.2 Å². The molecular formula is C14H19ClN2O2. The van der Waals surface area contributed by atoms with E-state index in [1.807, 2.05) is 0 Å². The third-order valence-corrected chi connectivity index (χ3v) is 3.96. The molecule has 19 heavy (non-hydrogen) atoms. The minimum Gasteiger partial charge on any atom is -0.377 e. The van der Waals surface area contributed by atoms with Gasteiger partial charge in [-0.15, -0.1) is 0 Å². The van der Waals surface area contributed by atoms with Gasteiger partial charge in [0.05, 0.1) is 4.92 Å². The van der Waals surface area contributed by atoms with Crippen LogP contribution in [0, 0.1) is 15.5 Å². The van der Waals surface area contributed by atoms with Gasteiger partial charge in [-0.3, -0.25) is 10.1 Å². The fourth-order valence-corrected chi connectivity index (χ4v) is 3.00. The van der Waals surface area contributed by atoms with E-state index in [4.69, 9.17) is 11.6 Å². The van der Waals surface area contributed by atoms with Gasteiger partial charge >= 0.3 is 0 Å². The monoisotopic (exact) mass is 282 g/mol. The summed E-state index contributed by atoms with van der Waals surface area (Å²) in [6.07, 6.45) is 4.44. The summed E-state index contributed by atoms with van der Waals surface area (Å²) < 4.78 is 0. The Labute approximate surface area is 118 Å². The Morgan fingerprint density at radius 1 is 1.47 bits per heavy atom. The highest BCUT2D eigenvalue weighted by molar-refractivity contribution is 6.31. The molecule has 1 aliphatic carbocycles. The number of hydrogen-bond donors (Lipinski definition) is 1. The van der Waals surface area contributed by atoms with Gasteiger partial charge in [-0.2, -0.15) is 0 Å². The summed E-state index contributed by atoms with van der Waals surface area (Å²) in [6.45, 7) is 4.49. The van der Waals surface area contributed by atoms with E-state index in [0.29, 0.717) is 16.1 Å². The van der Waals surface area contributed by atoms with Crippen LogP contribution in [0.5, 0.6) is 0 Å². The SMILES string of the molecule is CC1(C)CCCC(Nc2cc(Cl)ccc2[N+](=O)[O-])C1. The zero-order valence-electron chi connectivity index (χ0n) is 11.3. The first-order valence-electron chi connectivity index (χ1n) is 6.58. The molecule has 1 unspecified atom stereocenters. The lowest BCUT2D eigenvalue weighted by Gasteiger charge is -2.35. The van der Waals surface area contributed by atoms with Crippen molar-refractivity contribution in [2.45, 2.75) is 45.6 Å². The molecule has 0 aromatic heterocycles. The van der Waals surface area contributed by atoms with Crippen LogP contribution in [-0.2, 0) is 0 Å². The smallest absolute Gasteiger partial charge is 0.292 e. The number of halogens is 1. The number of anilines is 1. The zero-order chi connectivity index (χ0) is 14.0. The average molecular weight is 283 g/mol. The second kappa shape index (κ2) is 5.37. The summed E-state index contributed by atoms with van der Waals surface area (Å²) in [5.41, 5.74) is 0.913. The Morgan fingerprint density at radius 2 is 2.21 bits per heavy atom. The second-order valence-electron chi connectivity index (χ2n) is 6.02. The van der Waals surface area contributed by atoms with Crippen molar-refractivity contribution >= 4 is 23.0 Å². The summed E-state index contributed by atoms with van der Waals surface area (Å²) in [4.78, 5) is 10.7. The van der Waals surface area contributed by atoms with Crippen molar-refractivity contribution in [1.82, 2.24) is 0 Å². The molecule has 1 atom stereocenters. The molecule has 104 valence electrons. The van der Waals surface area contributed by atoms with E-state index >= 15 is 0 Å². The number of nitrogens with one attached hydrogen (secondary N) is 1. The molecule has 4 nitrogen and oxygen atoms in total. The average Bonchev–Trinajstić information content (AvgIpc) is 2.27. The lowest BCUT2D eigenvalue weighted by Crippen LogP contribution is -2.31. The second-order valence-corrected chi connectivity index (χ2v) is 6.46. The van der Waals surface area contributed by atoms with Crippen LogP contribution >= 0.6 is 11.6 Å². The Bertz CT molecular complexity index is 488. The normalized spacial score (nSPS) is 21.9. The third kappa shape index (κ3) is 3.60. The van der Waals surface area contributed by atoms with Crippen molar-refractivity contribution in [3.05, 3.63) is 33.3 Å². The van der Waals surface area contributed by atoms with Crippen LogP contribution in [0.4, 0.5) is 11.4 Å². The Morgan fingerprint density at radius 3 is 2.84 bits per heavy atom. The molecule has 0 bridgehead atoms. The number of nitro groups is 1. The van der Waals surface area contributed by atoms with Crippen LogP contribution in [0.25, 0.3) is 0 Å². The zero-order valence-corrected chi connectivity index (χ0v) is 12.0. The minimum absolute atomic E-state index is 0.0905. The van der Waals surface area contributed by atoms with E-state index in [1.165, 1.54) is 12.5 Å². The maximum atomic E-state index is 11.0. The lowest BCUT2D eigenvalue weighted by molar-refractivity contribution is -0.384. The first kappa shape index (κ1) is 14.1. The Kier molecular flexibility index (Phi) is 3.99. The third-order valence-electron chi connectivity index (χ3n) is 3.72. The first-order valence-corrected chi connectivity index (χ1v) is 6.96. The molecule has 5 heteroatoms. The van der Waals surface area contributed by atoms with Gasteiger partial charge in [0.2, 0.25) is 0 Å².